The number of hydrogen-bond donors (Lipinski definition) is 1. The lowest BCUT2D eigenvalue weighted by atomic mass is 10.1. The van der Waals surface area contributed by atoms with E-state index in [2.05, 4.69) is 22.6 Å². The van der Waals surface area contributed by atoms with E-state index in [1.807, 2.05) is 12.1 Å². The van der Waals surface area contributed by atoms with E-state index in [0.29, 0.717) is 4.34 Å². The van der Waals surface area contributed by atoms with Crippen LogP contribution >= 0.6 is 45.5 Å². The van der Waals surface area contributed by atoms with E-state index < -0.39 is 0 Å². The molecule has 0 bridgehead atoms. The standard InChI is InChI=1S/C11H8ClFINS/c12-10-4-3-9(16-10)11(15)7-2-1-6(13)5-8(7)14/h1-5,11H,15H2. The van der Waals surface area contributed by atoms with Crippen molar-refractivity contribution >= 4 is 45.5 Å². The van der Waals surface area contributed by atoms with E-state index in [9.17, 15) is 4.39 Å². The Bertz CT molecular complexity index is 514. The Morgan fingerprint density at radius 3 is 2.62 bits per heavy atom. The highest BCUT2D eigenvalue weighted by Crippen LogP contribution is 2.31. The lowest BCUT2D eigenvalue weighted by molar-refractivity contribution is 0.625. The minimum absolute atomic E-state index is 0.245. The summed E-state index contributed by atoms with van der Waals surface area (Å²) in [6.45, 7) is 0. The average Bonchev–Trinajstić information content (AvgIpc) is 2.64. The van der Waals surface area contributed by atoms with E-state index in [4.69, 9.17) is 17.3 Å². The fourth-order valence-electron chi connectivity index (χ4n) is 1.40. The van der Waals surface area contributed by atoms with Gasteiger partial charge in [0.25, 0.3) is 0 Å². The largest absolute Gasteiger partial charge is 0.320 e. The predicted molar refractivity (Wildman–Crippen MR) is 74.5 cm³/mol. The number of nitrogens with two attached hydrogens (primary N) is 1. The summed E-state index contributed by atoms with van der Waals surface area (Å²) in [7, 11) is 0. The summed E-state index contributed by atoms with van der Waals surface area (Å²) in [5, 5.41) is 0. The van der Waals surface area contributed by atoms with Gasteiger partial charge in [-0.3, -0.25) is 0 Å². The monoisotopic (exact) mass is 367 g/mol. The Balaban J connectivity index is 2.37. The lowest BCUT2D eigenvalue weighted by Crippen LogP contribution is -2.11. The molecule has 0 aliphatic rings. The summed E-state index contributed by atoms with van der Waals surface area (Å²) in [6.07, 6.45) is 0. The first-order valence-electron chi connectivity index (χ1n) is 4.53. The van der Waals surface area contributed by atoms with Crippen LogP contribution in [0, 0.1) is 9.39 Å². The summed E-state index contributed by atoms with van der Waals surface area (Å²) in [4.78, 5) is 0.981. The molecule has 1 heterocycles. The molecule has 0 spiro atoms. The molecule has 0 aliphatic heterocycles. The number of thiophene rings is 1. The van der Waals surface area contributed by atoms with Crippen LogP contribution in [0.2, 0.25) is 4.34 Å². The quantitative estimate of drug-likeness (QED) is 0.791. The first-order chi connectivity index (χ1) is 7.58. The maximum atomic E-state index is 13.0. The van der Waals surface area contributed by atoms with Crippen LogP contribution in [-0.4, -0.2) is 0 Å². The Hall–Kier alpha value is -0.170. The molecule has 1 aromatic heterocycles. The summed E-state index contributed by atoms with van der Waals surface area (Å²) < 4.78 is 14.5. The molecular formula is C11H8ClFINS. The minimum atomic E-state index is -0.246. The molecule has 5 heteroatoms. The van der Waals surface area contributed by atoms with E-state index in [-0.39, 0.29) is 11.9 Å². The minimum Gasteiger partial charge on any atom is -0.320 e. The Kier molecular flexibility index (Phi) is 3.84. The van der Waals surface area contributed by atoms with Gasteiger partial charge in [-0.2, -0.15) is 0 Å². The number of hydrogen-bond acceptors (Lipinski definition) is 2. The molecule has 1 atom stereocenters. The van der Waals surface area contributed by atoms with Gasteiger partial charge in [-0.1, -0.05) is 17.7 Å². The SMILES string of the molecule is NC(c1ccc(Cl)s1)c1ccc(F)cc1I. The van der Waals surface area contributed by atoms with E-state index >= 15 is 0 Å². The molecule has 0 radical (unpaired) electrons. The first-order valence-corrected chi connectivity index (χ1v) is 6.81. The van der Waals surface area contributed by atoms with Crippen LogP contribution in [0.25, 0.3) is 0 Å². The van der Waals surface area contributed by atoms with E-state index in [1.54, 1.807) is 6.07 Å². The zero-order chi connectivity index (χ0) is 11.7. The third kappa shape index (κ3) is 2.56. The van der Waals surface area contributed by atoms with Gasteiger partial charge < -0.3 is 5.73 Å². The van der Waals surface area contributed by atoms with Crippen molar-refractivity contribution in [1.29, 1.82) is 0 Å². The smallest absolute Gasteiger partial charge is 0.124 e. The summed E-state index contributed by atoms with van der Waals surface area (Å²) in [5.41, 5.74) is 7.02. The molecule has 0 amide bonds. The van der Waals surface area contributed by atoms with Crippen molar-refractivity contribution in [2.45, 2.75) is 6.04 Å². The molecule has 2 rings (SSSR count). The average molecular weight is 368 g/mol. The van der Waals surface area contributed by atoms with Crippen LogP contribution in [0.4, 0.5) is 4.39 Å². The van der Waals surface area contributed by atoms with Gasteiger partial charge in [0, 0.05) is 8.45 Å². The Morgan fingerprint density at radius 2 is 2.06 bits per heavy atom. The van der Waals surface area contributed by atoms with Gasteiger partial charge in [-0.25, -0.2) is 4.39 Å². The zero-order valence-corrected chi connectivity index (χ0v) is 11.8. The van der Waals surface area contributed by atoms with Crippen LogP contribution in [-0.2, 0) is 0 Å². The van der Waals surface area contributed by atoms with Gasteiger partial charge in [0.2, 0.25) is 0 Å². The molecule has 0 aliphatic carbocycles. The van der Waals surface area contributed by atoms with Crippen LogP contribution in [0.5, 0.6) is 0 Å². The third-order valence-electron chi connectivity index (χ3n) is 2.20. The maximum absolute atomic E-state index is 13.0. The molecule has 1 nitrogen and oxygen atoms in total. The van der Waals surface area contributed by atoms with Gasteiger partial charge in [-0.15, -0.1) is 11.3 Å². The van der Waals surface area contributed by atoms with Crippen molar-refractivity contribution in [2.75, 3.05) is 0 Å². The molecular weight excluding hydrogens is 360 g/mol. The fourth-order valence-corrected chi connectivity index (χ4v) is 3.30. The van der Waals surface area contributed by atoms with Crippen molar-refractivity contribution in [2.24, 2.45) is 5.73 Å². The van der Waals surface area contributed by atoms with E-state index in [0.717, 1.165) is 14.0 Å². The van der Waals surface area contributed by atoms with E-state index in [1.165, 1.54) is 23.5 Å². The van der Waals surface area contributed by atoms with Crippen molar-refractivity contribution < 1.29 is 4.39 Å². The third-order valence-corrected chi connectivity index (χ3v) is 4.45. The second-order valence-corrected chi connectivity index (χ2v) is 6.19. The number of benzene rings is 1. The second kappa shape index (κ2) is 5.00. The summed E-state index contributed by atoms with van der Waals surface area (Å²) in [6, 6.07) is 8.09. The van der Waals surface area contributed by atoms with Gasteiger partial charge in [-0.05, 0) is 52.4 Å². The van der Waals surface area contributed by atoms with Gasteiger partial charge >= 0.3 is 0 Å². The van der Waals surface area contributed by atoms with Crippen LogP contribution < -0.4 is 5.73 Å². The highest BCUT2D eigenvalue weighted by Gasteiger charge is 2.14. The molecule has 2 N–H and O–H groups in total. The van der Waals surface area contributed by atoms with Gasteiger partial charge in [0.05, 0.1) is 10.4 Å². The van der Waals surface area contributed by atoms with Crippen molar-refractivity contribution in [3.63, 3.8) is 0 Å². The van der Waals surface area contributed by atoms with Gasteiger partial charge in [0.1, 0.15) is 5.82 Å². The highest BCUT2D eigenvalue weighted by molar-refractivity contribution is 14.1. The molecule has 2 aromatic rings. The molecule has 16 heavy (non-hydrogen) atoms. The molecule has 0 fully saturated rings. The van der Waals surface area contributed by atoms with Crippen LogP contribution in [0.1, 0.15) is 16.5 Å². The van der Waals surface area contributed by atoms with Crippen LogP contribution in [0.3, 0.4) is 0 Å². The van der Waals surface area contributed by atoms with Gasteiger partial charge in [0.15, 0.2) is 0 Å². The normalized spacial score (nSPS) is 12.8. The van der Waals surface area contributed by atoms with Crippen molar-refractivity contribution in [3.05, 3.63) is 54.5 Å². The second-order valence-electron chi connectivity index (χ2n) is 3.29. The summed E-state index contributed by atoms with van der Waals surface area (Å²) in [5.74, 6) is -0.246. The molecule has 1 unspecified atom stereocenters. The molecule has 0 saturated heterocycles. The molecule has 84 valence electrons. The van der Waals surface area contributed by atoms with Crippen molar-refractivity contribution in [3.8, 4) is 0 Å². The lowest BCUT2D eigenvalue weighted by Gasteiger charge is -2.12. The maximum Gasteiger partial charge on any atom is 0.124 e. The fraction of sp³-hybridized carbons (Fsp3) is 0.0909. The Labute approximate surface area is 116 Å². The topological polar surface area (TPSA) is 26.0 Å². The Morgan fingerprint density at radius 1 is 1.31 bits per heavy atom. The van der Waals surface area contributed by atoms with Crippen LogP contribution in [0.15, 0.2) is 30.3 Å². The molecule has 0 saturated carbocycles. The van der Waals surface area contributed by atoms with Crippen molar-refractivity contribution in [1.82, 2.24) is 0 Å². The zero-order valence-electron chi connectivity index (χ0n) is 8.08. The number of halogens is 3. The highest BCUT2D eigenvalue weighted by atomic mass is 127. The number of rotatable bonds is 2. The summed E-state index contributed by atoms with van der Waals surface area (Å²) >= 11 is 9.39. The molecule has 1 aromatic carbocycles. The predicted octanol–water partition coefficient (Wildman–Crippen LogP) is 4.19. The first kappa shape index (κ1) is 12.3.